The van der Waals surface area contributed by atoms with E-state index in [1.54, 1.807) is 20.2 Å². The SMILES string of the molecule is CCOC(=O)/C(=C\NC)C1=C(S)CCCC1.CCOC(=O)CCC=O. The number of carbonyl (C=O) groups excluding carboxylic acids is 3. The van der Waals surface area contributed by atoms with E-state index >= 15 is 0 Å². The van der Waals surface area contributed by atoms with Crippen LogP contribution in [0.4, 0.5) is 0 Å². The third kappa shape index (κ3) is 9.96. The van der Waals surface area contributed by atoms with Crippen molar-refractivity contribution in [2.24, 2.45) is 0 Å². The molecular formula is C18H29NO5S. The lowest BCUT2D eigenvalue weighted by Crippen LogP contribution is -2.14. The number of esters is 2. The van der Waals surface area contributed by atoms with E-state index in [0.717, 1.165) is 36.2 Å². The van der Waals surface area contributed by atoms with Gasteiger partial charge in [0.1, 0.15) is 6.29 Å². The fourth-order valence-electron chi connectivity index (χ4n) is 2.21. The molecule has 1 aliphatic carbocycles. The maximum absolute atomic E-state index is 11.8. The Morgan fingerprint density at radius 3 is 2.32 bits per heavy atom. The normalized spacial score (nSPS) is 14.2. The van der Waals surface area contributed by atoms with E-state index in [-0.39, 0.29) is 24.8 Å². The molecule has 0 radical (unpaired) electrons. The van der Waals surface area contributed by atoms with E-state index in [0.29, 0.717) is 25.1 Å². The van der Waals surface area contributed by atoms with E-state index in [9.17, 15) is 14.4 Å². The number of hydrogen-bond donors (Lipinski definition) is 2. The summed E-state index contributed by atoms with van der Waals surface area (Å²) >= 11 is 4.45. The van der Waals surface area contributed by atoms with Gasteiger partial charge in [-0.2, -0.15) is 0 Å². The number of aldehydes is 1. The highest BCUT2D eigenvalue weighted by Crippen LogP contribution is 2.32. The molecule has 0 aliphatic heterocycles. The maximum Gasteiger partial charge on any atom is 0.339 e. The van der Waals surface area contributed by atoms with Crippen LogP contribution in [0, 0.1) is 0 Å². The molecule has 142 valence electrons. The van der Waals surface area contributed by atoms with Gasteiger partial charge in [0.2, 0.25) is 0 Å². The standard InChI is InChI=1S/C12H19NO2S.C6H10O3/c1-3-15-12(14)10(8-13-2)9-6-4-5-7-11(9)16;1-2-9-6(8)4-3-5-7/h8,13,16H,3-7H2,1-2H3;5H,2-4H2,1H3/b10-8-;. The van der Waals surface area contributed by atoms with E-state index in [1.807, 2.05) is 6.92 Å². The lowest BCUT2D eigenvalue weighted by Gasteiger charge is -2.18. The minimum absolute atomic E-state index is 0.206. The monoisotopic (exact) mass is 371 g/mol. The Labute approximate surface area is 155 Å². The summed E-state index contributed by atoms with van der Waals surface area (Å²) < 4.78 is 9.59. The molecule has 0 heterocycles. The number of hydrogen-bond acceptors (Lipinski definition) is 7. The zero-order chi connectivity index (χ0) is 19.1. The van der Waals surface area contributed by atoms with Crippen molar-refractivity contribution in [3.05, 3.63) is 22.3 Å². The third-order valence-electron chi connectivity index (χ3n) is 3.32. The summed E-state index contributed by atoms with van der Waals surface area (Å²) in [5, 5.41) is 2.89. The van der Waals surface area contributed by atoms with Gasteiger partial charge in [0.05, 0.1) is 25.2 Å². The van der Waals surface area contributed by atoms with Gasteiger partial charge in [0.25, 0.3) is 0 Å². The molecule has 0 unspecified atom stereocenters. The van der Waals surface area contributed by atoms with E-state index in [1.165, 1.54) is 0 Å². The van der Waals surface area contributed by atoms with Crippen molar-refractivity contribution in [3.8, 4) is 0 Å². The summed E-state index contributed by atoms with van der Waals surface area (Å²) in [6.45, 7) is 4.33. The van der Waals surface area contributed by atoms with Crippen LogP contribution in [0.1, 0.15) is 52.4 Å². The predicted molar refractivity (Wildman–Crippen MR) is 100 cm³/mol. The Morgan fingerprint density at radius 1 is 1.16 bits per heavy atom. The van der Waals surface area contributed by atoms with Gasteiger partial charge in [0.15, 0.2) is 0 Å². The zero-order valence-corrected chi connectivity index (χ0v) is 16.2. The van der Waals surface area contributed by atoms with Crippen LogP contribution in [-0.2, 0) is 23.9 Å². The molecule has 0 fully saturated rings. The number of nitrogens with one attached hydrogen (secondary N) is 1. The van der Waals surface area contributed by atoms with E-state index in [2.05, 4.69) is 22.7 Å². The summed E-state index contributed by atoms with van der Waals surface area (Å²) in [5.74, 6) is -0.565. The second kappa shape index (κ2) is 14.6. The van der Waals surface area contributed by atoms with Gasteiger partial charge < -0.3 is 19.6 Å². The Balaban J connectivity index is 0.000000547. The molecule has 0 atom stereocenters. The van der Waals surface area contributed by atoms with Crippen LogP contribution in [0.3, 0.4) is 0 Å². The minimum atomic E-state index is -0.301. The molecule has 6 nitrogen and oxygen atoms in total. The highest BCUT2D eigenvalue weighted by Gasteiger charge is 2.20. The van der Waals surface area contributed by atoms with Crippen LogP contribution in [0.25, 0.3) is 0 Å². The summed E-state index contributed by atoms with van der Waals surface area (Å²) in [6.07, 6.45) is 7.00. The first-order chi connectivity index (χ1) is 12.0. The molecule has 0 aromatic carbocycles. The van der Waals surface area contributed by atoms with Crippen molar-refractivity contribution in [2.45, 2.75) is 52.4 Å². The van der Waals surface area contributed by atoms with Crippen LogP contribution in [-0.4, -0.2) is 38.5 Å². The van der Waals surface area contributed by atoms with Gasteiger partial charge >= 0.3 is 11.9 Å². The number of rotatable bonds is 8. The van der Waals surface area contributed by atoms with Crippen molar-refractivity contribution in [2.75, 3.05) is 20.3 Å². The van der Waals surface area contributed by atoms with Gasteiger partial charge in [-0.25, -0.2) is 4.79 Å². The van der Waals surface area contributed by atoms with Crippen molar-refractivity contribution in [3.63, 3.8) is 0 Å². The average molecular weight is 371 g/mol. The molecule has 1 aliphatic rings. The molecule has 25 heavy (non-hydrogen) atoms. The predicted octanol–water partition coefficient (Wildman–Crippen LogP) is 2.94. The highest BCUT2D eigenvalue weighted by atomic mass is 32.1. The van der Waals surface area contributed by atoms with Gasteiger partial charge in [-0.3, -0.25) is 4.79 Å². The molecule has 0 aromatic heterocycles. The maximum atomic E-state index is 11.8. The molecule has 1 N–H and O–H groups in total. The fourth-order valence-corrected chi connectivity index (χ4v) is 2.60. The molecular weight excluding hydrogens is 342 g/mol. The first-order valence-corrected chi connectivity index (χ1v) is 9.01. The number of allylic oxidation sites excluding steroid dienone is 1. The van der Waals surface area contributed by atoms with Crippen LogP contribution in [0.2, 0.25) is 0 Å². The van der Waals surface area contributed by atoms with E-state index < -0.39 is 0 Å². The van der Waals surface area contributed by atoms with Crippen molar-refractivity contribution in [1.82, 2.24) is 5.32 Å². The van der Waals surface area contributed by atoms with Gasteiger partial charge in [-0.05, 0) is 50.0 Å². The van der Waals surface area contributed by atoms with Crippen molar-refractivity contribution >= 4 is 30.9 Å². The highest BCUT2D eigenvalue weighted by molar-refractivity contribution is 7.84. The lowest BCUT2D eigenvalue weighted by molar-refractivity contribution is -0.143. The Morgan fingerprint density at radius 2 is 1.80 bits per heavy atom. The van der Waals surface area contributed by atoms with Gasteiger partial charge in [-0.15, -0.1) is 12.6 Å². The van der Waals surface area contributed by atoms with Gasteiger partial charge in [0, 0.05) is 19.7 Å². The number of carbonyl (C=O) groups is 3. The second-order valence-corrected chi connectivity index (χ2v) is 5.75. The number of thiol groups is 1. The minimum Gasteiger partial charge on any atom is -0.466 e. The van der Waals surface area contributed by atoms with Crippen LogP contribution in [0.15, 0.2) is 22.3 Å². The molecule has 0 bridgehead atoms. The Hall–Kier alpha value is -1.76. The molecule has 0 saturated carbocycles. The quantitative estimate of drug-likeness (QED) is 0.295. The van der Waals surface area contributed by atoms with Crippen molar-refractivity contribution < 1.29 is 23.9 Å². The zero-order valence-electron chi connectivity index (χ0n) is 15.3. The Kier molecular flexibility index (Phi) is 13.5. The topological polar surface area (TPSA) is 81.7 Å². The molecule has 7 heteroatoms. The summed E-state index contributed by atoms with van der Waals surface area (Å²) in [4.78, 5) is 32.9. The average Bonchev–Trinajstić information content (AvgIpc) is 2.60. The summed E-state index contributed by atoms with van der Waals surface area (Å²) in [7, 11) is 1.78. The molecule has 0 aromatic rings. The molecule has 0 saturated heterocycles. The smallest absolute Gasteiger partial charge is 0.339 e. The largest absolute Gasteiger partial charge is 0.466 e. The molecule has 1 rings (SSSR count). The summed E-state index contributed by atoms with van der Waals surface area (Å²) in [6, 6.07) is 0. The van der Waals surface area contributed by atoms with Crippen LogP contribution < -0.4 is 5.32 Å². The van der Waals surface area contributed by atoms with Crippen molar-refractivity contribution in [1.29, 1.82) is 0 Å². The van der Waals surface area contributed by atoms with Gasteiger partial charge in [-0.1, -0.05) is 0 Å². The Bertz CT molecular complexity index is 500. The third-order valence-corrected chi connectivity index (χ3v) is 3.81. The molecule has 0 spiro atoms. The molecule has 0 amide bonds. The number of ether oxygens (including phenoxy) is 2. The first kappa shape index (κ1) is 23.2. The van der Waals surface area contributed by atoms with Crippen LogP contribution >= 0.6 is 12.6 Å². The first-order valence-electron chi connectivity index (χ1n) is 8.56. The van der Waals surface area contributed by atoms with E-state index in [4.69, 9.17) is 4.74 Å². The lowest BCUT2D eigenvalue weighted by atomic mass is 9.93. The summed E-state index contributed by atoms with van der Waals surface area (Å²) in [5.41, 5.74) is 1.65. The van der Waals surface area contributed by atoms with Crippen LogP contribution in [0.5, 0.6) is 0 Å². The second-order valence-electron chi connectivity index (χ2n) is 5.21. The fraction of sp³-hybridized carbons (Fsp3) is 0.611.